The van der Waals surface area contributed by atoms with Crippen LogP contribution < -0.4 is 0 Å². The van der Waals surface area contributed by atoms with Crippen molar-refractivity contribution in [2.45, 2.75) is 31.6 Å². The van der Waals surface area contributed by atoms with Gasteiger partial charge in [-0.05, 0) is 19.3 Å². The van der Waals surface area contributed by atoms with Crippen molar-refractivity contribution in [1.29, 1.82) is 0 Å². The minimum Gasteiger partial charge on any atom is -0.375 e. The lowest BCUT2D eigenvalue weighted by Crippen LogP contribution is -2.51. The number of likely N-dealkylation sites (tertiary alicyclic amines) is 1. The predicted molar refractivity (Wildman–Crippen MR) is 56.9 cm³/mol. The zero-order valence-electron chi connectivity index (χ0n) is 9.68. The molecule has 2 rings (SSSR count). The molecule has 1 unspecified atom stereocenters. The first-order chi connectivity index (χ1) is 7.83. The van der Waals surface area contributed by atoms with Crippen molar-refractivity contribution in [3.63, 3.8) is 0 Å². The molecule has 0 aromatic rings. The molecule has 5 heteroatoms. The van der Waals surface area contributed by atoms with Gasteiger partial charge in [-0.1, -0.05) is 0 Å². The molecule has 0 bridgehead atoms. The first-order valence-electron chi connectivity index (χ1n) is 5.84. The van der Waals surface area contributed by atoms with Gasteiger partial charge in [0.15, 0.2) is 6.29 Å². The second kappa shape index (κ2) is 5.61. The Morgan fingerprint density at radius 1 is 1.38 bits per heavy atom. The van der Waals surface area contributed by atoms with E-state index in [4.69, 9.17) is 14.2 Å². The van der Waals surface area contributed by atoms with Gasteiger partial charge in [0.1, 0.15) is 6.61 Å². The third-order valence-corrected chi connectivity index (χ3v) is 3.10. The molecule has 2 fully saturated rings. The van der Waals surface area contributed by atoms with Gasteiger partial charge in [0.25, 0.3) is 0 Å². The number of amides is 1. The molecule has 1 atom stereocenters. The summed E-state index contributed by atoms with van der Waals surface area (Å²) in [7, 11) is 1.54. The van der Waals surface area contributed by atoms with Gasteiger partial charge in [-0.15, -0.1) is 0 Å². The number of piperidine rings is 1. The molecular weight excluding hydrogens is 210 g/mol. The highest BCUT2D eigenvalue weighted by atomic mass is 16.7. The number of methoxy groups -OCH3 is 1. The lowest BCUT2D eigenvalue weighted by atomic mass is 10.0. The van der Waals surface area contributed by atoms with E-state index in [0.717, 1.165) is 25.8 Å². The first-order valence-corrected chi connectivity index (χ1v) is 5.84. The summed E-state index contributed by atoms with van der Waals surface area (Å²) in [6, 6.07) is 0.0684. The monoisotopic (exact) mass is 229 g/mol. The standard InChI is InChI=1S/C11H19NO4/c1-14-8-10(13)12-5-3-2-4-9(12)11-15-6-7-16-11/h9,11H,2-8H2,1H3. The summed E-state index contributed by atoms with van der Waals surface area (Å²) >= 11 is 0. The van der Waals surface area contributed by atoms with Crippen molar-refractivity contribution >= 4 is 5.91 Å². The van der Waals surface area contributed by atoms with Gasteiger partial charge in [-0.3, -0.25) is 4.79 Å². The molecule has 0 N–H and O–H groups in total. The maximum atomic E-state index is 11.9. The van der Waals surface area contributed by atoms with E-state index in [0.29, 0.717) is 13.2 Å². The molecule has 0 saturated carbocycles. The van der Waals surface area contributed by atoms with Crippen molar-refractivity contribution in [2.75, 3.05) is 33.5 Å². The number of nitrogens with zero attached hydrogens (tertiary/aromatic N) is 1. The molecule has 2 saturated heterocycles. The summed E-state index contributed by atoms with van der Waals surface area (Å²) in [5.74, 6) is 0.0336. The van der Waals surface area contributed by atoms with Gasteiger partial charge < -0.3 is 19.1 Å². The van der Waals surface area contributed by atoms with Crippen LogP contribution in [-0.2, 0) is 19.0 Å². The van der Waals surface area contributed by atoms with Crippen molar-refractivity contribution in [3.05, 3.63) is 0 Å². The van der Waals surface area contributed by atoms with Crippen LogP contribution in [0.15, 0.2) is 0 Å². The largest absolute Gasteiger partial charge is 0.375 e. The summed E-state index contributed by atoms with van der Waals surface area (Å²) < 4.78 is 15.9. The number of hydrogen-bond acceptors (Lipinski definition) is 4. The van der Waals surface area contributed by atoms with E-state index in [9.17, 15) is 4.79 Å². The van der Waals surface area contributed by atoms with Crippen molar-refractivity contribution in [2.24, 2.45) is 0 Å². The van der Waals surface area contributed by atoms with Crippen LogP contribution >= 0.6 is 0 Å². The predicted octanol–water partition coefficient (Wildman–Crippen LogP) is 0.387. The van der Waals surface area contributed by atoms with Crippen LogP contribution in [0.5, 0.6) is 0 Å². The highest BCUT2D eigenvalue weighted by Gasteiger charge is 2.35. The average molecular weight is 229 g/mol. The molecule has 0 spiro atoms. The second-order valence-electron chi connectivity index (χ2n) is 4.19. The lowest BCUT2D eigenvalue weighted by molar-refractivity contribution is -0.153. The van der Waals surface area contributed by atoms with Gasteiger partial charge in [-0.2, -0.15) is 0 Å². The fraction of sp³-hybridized carbons (Fsp3) is 0.909. The minimum atomic E-state index is -0.235. The smallest absolute Gasteiger partial charge is 0.248 e. The maximum absolute atomic E-state index is 11.9. The van der Waals surface area contributed by atoms with E-state index >= 15 is 0 Å². The molecule has 16 heavy (non-hydrogen) atoms. The molecule has 92 valence electrons. The third-order valence-electron chi connectivity index (χ3n) is 3.10. The zero-order valence-corrected chi connectivity index (χ0v) is 9.68. The van der Waals surface area contributed by atoms with E-state index in [1.807, 2.05) is 4.90 Å². The number of ether oxygens (including phenoxy) is 3. The van der Waals surface area contributed by atoms with Gasteiger partial charge >= 0.3 is 0 Å². The van der Waals surface area contributed by atoms with Crippen LogP contribution in [0.25, 0.3) is 0 Å². The van der Waals surface area contributed by atoms with E-state index in [2.05, 4.69) is 0 Å². The Labute approximate surface area is 95.6 Å². The molecule has 2 aliphatic rings. The second-order valence-corrected chi connectivity index (χ2v) is 4.19. The Bertz CT molecular complexity index is 240. The Morgan fingerprint density at radius 2 is 2.12 bits per heavy atom. The number of rotatable bonds is 3. The number of carbonyl (C=O) groups excluding carboxylic acids is 1. The highest BCUT2D eigenvalue weighted by molar-refractivity contribution is 5.77. The number of carbonyl (C=O) groups is 1. The van der Waals surface area contributed by atoms with E-state index < -0.39 is 0 Å². The lowest BCUT2D eigenvalue weighted by Gasteiger charge is -2.37. The molecule has 1 amide bonds. The van der Waals surface area contributed by atoms with Gasteiger partial charge in [-0.25, -0.2) is 0 Å². The Morgan fingerprint density at radius 3 is 2.81 bits per heavy atom. The average Bonchev–Trinajstić information content (AvgIpc) is 2.83. The van der Waals surface area contributed by atoms with Crippen molar-refractivity contribution in [1.82, 2.24) is 4.90 Å². The fourth-order valence-electron chi connectivity index (χ4n) is 2.36. The summed E-state index contributed by atoms with van der Waals surface area (Å²) in [5, 5.41) is 0. The van der Waals surface area contributed by atoms with Crippen LogP contribution in [0.2, 0.25) is 0 Å². The van der Waals surface area contributed by atoms with Gasteiger partial charge in [0.05, 0.1) is 19.3 Å². The highest BCUT2D eigenvalue weighted by Crippen LogP contribution is 2.24. The molecule has 0 aromatic carbocycles. The minimum absolute atomic E-state index is 0.0336. The third kappa shape index (κ3) is 2.53. The Hall–Kier alpha value is -0.650. The Kier molecular flexibility index (Phi) is 4.15. The van der Waals surface area contributed by atoms with Crippen molar-refractivity contribution in [3.8, 4) is 0 Å². The first kappa shape index (κ1) is 11.8. The van der Waals surface area contributed by atoms with Crippen LogP contribution in [0.1, 0.15) is 19.3 Å². The van der Waals surface area contributed by atoms with Crippen LogP contribution in [-0.4, -0.2) is 56.6 Å². The molecule has 0 aromatic heterocycles. The number of hydrogen-bond donors (Lipinski definition) is 0. The summed E-state index contributed by atoms with van der Waals surface area (Å²) in [5.41, 5.74) is 0. The van der Waals surface area contributed by atoms with E-state index in [1.54, 1.807) is 7.11 Å². The van der Waals surface area contributed by atoms with E-state index in [1.165, 1.54) is 0 Å². The molecule has 0 radical (unpaired) electrons. The van der Waals surface area contributed by atoms with Gasteiger partial charge in [0.2, 0.25) is 5.91 Å². The van der Waals surface area contributed by atoms with Crippen LogP contribution in [0.4, 0.5) is 0 Å². The molecular formula is C11H19NO4. The molecule has 2 heterocycles. The molecule has 0 aliphatic carbocycles. The quantitative estimate of drug-likeness (QED) is 0.702. The Balaban J connectivity index is 1.98. The molecule has 2 aliphatic heterocycles. The van der Waals surface area contributed by atoms with E-state index in [-0.39, 0.29) is 24.8 Å². The molecule has 5 nitrogen and oxygen atoms in total. The summed E-state index contributed by atoms with van der Waals surface area (Å²) in [6.07, 6.45) is 2.91. The van der Waals surface area contributed by atoms with Crippen LogP contribution in [0.3, 0.4) is 0 Å². The maximum Gasteiger partial charge on any atom is 0.248 e. The summed E-state index contributed by atoms with van der Waals surface area (Å²) in [4.78, 5) is 13.7. The summed E-state index contributed by atoms with van der Waals surface area (Å²) in [6.45, 7) is 2.19. The van der Waals surface area contributed by atoms with Gasteiger partial charge in [0, 0.05) is 13.7 Å². The zero-order chi connectivity index (χ0) is 11.4. The normalized spacial score (nSPS) is 27.3. The fourth-order valence-corrected chi connectivity index (χ4v) is 2.36. The van der Waals surface area contributed by atoms with Crippen molar-refractivity contribution < 1.29 is 19.0 Å². The van der Waals surface area contributed by atoms with Crippen LogP contribution in [0, 0.1) is 0 Å². The SMILES string of the molecule is COCC(=O)N1CCCCC1C1OCCO1. The topological polar surface area (TPSA) is 48.0 Å².